The Morgan fingerprint density at radius 1 is 1.07 bits per heavy atom. The van der Waals surface area contributed by atoms with Crippen LogP contribution in [0.5, 0.6) is 0 Å². The molecule has 1 aliphatic rings. The van der Waals surface area contributed by atoms with Gasteiger partial charge in [0, 0.05) is 20.8 Å². The summed E-state index contributed by atoms with van der Waals surface area (Å²) in [5.41, 5.74) is 0. The first-order chi connectivity index (χ1) is 13.7. The molecule has 0 aliphatic carbocycles. The molecule has 1 saturated heterocycles. The number of amides is 1. The van der Waals surface area contributed by atoms with Gasteiger partial charge in [0.05, 0.1) is 13.7 Å². The van der Waals surface area contributed by atoms with Gasteiger partial charge in [0.2, 0.25) is 5.91 Å². The van der Waals surface area contributed by atoms with Gasteiger partial charge in [-0.2, -0.15) is 0 Å². The zero-order valence-electron chi connectivity index (χ0n) is 16.9. The molecular formula is C18H27NO10. The second-order valence-electron chi connectivity index (χ2n) is 6.12. The van der Waals surface area contributed by atoms with E-state index in [1.54, 1.807) is 0 Å². The van der Waals surface area contributed by atoms with Crippen molar-refractivity contribution in [3.8, 4) is 0 Å². The minimum Gasteiger partial charge on any atom is -0.467 e. The highest BCUT2D eigenvalue weighted by atomic mass is 16.7. The van der Waals surface area contributed by atoms with Gasteiger partial charge in [0.1, 0.15) is 31.5 Å². The molecule has 1 aliphatic heterocycles. The number of carbonyl (C=O) groups is 4. The van der Waals surface area contributed by atoms with Crippen molar-refractivity contribution in [2.75, 3.05) is 26.9 Å². The summed E-state index contributed by atoms with van der Waals surface area (Å²) in [4.78, 5) is 46.2. The Morgan fingerprint density at radius 2 is 1.76 bits per heavy atom. The Labute approximate surface area is 168 Å². The van der Waals surface area contributed by atoms with Gasteiger partial charge in [-0.25, -0.2) is 4.79 Å². The fourth-order valence-corrected chi connectivity index (χ4v) is 2.69. The quantitative estimate of drug-likeness (QED) is 0.281. The van der Waals surface area contributed by atoms with Crippen molar-refractivity contribution < 1.29 is 47.6 Å². The Hall–Kier alpha value is -2.50. The molecule has 0 aromatic heterocycles. The molecule has 0 saturated carbocycles. The maximum Gasteiger partial charge on any atom is 0.331 e. The van der Waals surface area contributed by atoms with Crippen LogP contribution in [-0.4, -0.2) is 81.4 Å². The molecule has 1 heterocycles. The molecule has 1 rings (SSSR count). The first-order valence-corrected chi connectivity index (χ1v) is 8.83. The number of carbonyl (C=O) groups excluding carboxylic acids is 4. The summed E-state index contributed by atoms with van der Waals surface area (Å²) in [6, 6.07) is -0.949. The molecule has 0 bridgehead atoms. The van der Waals surface area contributed by atoms with Gasteiger partial charge in [0.15, 0.2) is 12.4 Å². The van der Waals surface area contributed by atoms with E-state index in [0.717, 1.165) is 0 Å². The normalized spacial score (nSPS) is 26.1. The molecule has 0 radical (unpaired) electrons. The SMILES string of the molecule is C=CCO[C@H]1O[C@H](COC(C)=O)[C@@H](OC(C)=O)[C@H](OCC(=O)OC)[C@H]1NC(C)=O. The minimum absolute atomic E-state index is 0.0724. The van der Waals surface area contributed by atoms with Crippen molar-refractivity contribution in [1.29, 1.82) is 0 Å². The van der Waals surface area contributed by atoms with Gasteiger partial charge in [-0.3, -0.25) is 14.4 Å². The lowest BCUT2D eigenvalue weighted by Gasteiger charge is -2.45. The van der Waals surface area contributed by atoms with Crippen molar-refractivity contribution in [2.24, 2.45) is 0 Å². The average Bonchev–Trinajstić information content (AvgIpc) is 2.64. The number of hydrogen-bond donors (Lipinski definition) is 1. The second kappa shape index (κ2) is 12.1. The van der Waals surface area contributed by atoms with E-state index in [1.807, 2.05) is 0 Å². The van der Waals surface area contributed by atoms with Crippen LogP contribution in [-0.2, 0) is 47.6 Å². The van der Waals surface area contributed by atoms with E-state index in [9.17, 15) is 19.2 Å². The van der Waals surface area contributed by atoms with Crippen LogP contribution < -0.4 is 5.32 Å². The van der Waals surface area contributed by atoms with Crippen LogP contribution in [0.2, 0.25) is 0 Å². The second-order valence-corrected chi connectivity index (χ2v) is 6.12. The third-order valence-corrected chi connectivity index (χ3v) is 3.77. The summed E-state index contributed by atoms with van der Waals surface area (Å²) in [5.74, 6) is -2.35. The van der Waals surface area contributed by atoms with Crippen LogP contribution in [0.4, 0.5) is 0 Å². The lowest BCUT2D eigenvalue weighted by atomic mass is 9.96. The zero-order valence-corrected chi connectivity index (χ0v) is 16.9. The number of ether oxygens (including phenoxy) is 6. The molecule has 11 nitrogen and oxygen atoms in total. The lowest BCUT2D eigenvalue weighted by molar-refractivity contribution is -0.278. The Morgan fingerprint density at radius 3 is 2.28 bits per heavy atom. The van der Waals surface area contributed by atoms with E-state index in [1.165, 1.54) is 34.0 Å². The van der Waals surface area contributed by atoms with E-state index in [2.05, 4.69) is 16.6 Å². The van der Waals surface area contributed by atoms with E-state index in [-0.39, 0.29) is 13.2 Å². The van der Waals surface area contributed by atoms with Crippen molar-refractivity contribution in [3.63, 3.8) is 0 Å². The molecule has 0 aromatic carbocycles. The van der Waals surface area contributed by atoms with Crippen LogP contribution in [0.25, 0.3) is 0 Å². The summed E-state index contributed by atoms with van der Waals surface area (Å²) < 4.78 is 31.9. The number of rotatable bonds is 10. The fraction of sp³-hybridized carbons (Fsp3) is 0.667. The maximum absolute atomic E-state index is 11.7. The third kappa shape index (κ3) is 8.18. The summed E-state index contributed by atoms with van der Waals surface area (Å²) in [7, 11) is 1.18. The first-order valence-electron chi connectivity index (χ1n) is 8.83. The summed E-state index contributed by atoms with van der Waals surface area (Å²) in [6.45, 7) is 6.53. The maximum atomic E-state index is 11.7. The lowest BCUT2D eigenvalue weighted by Crippen LogP contribution is -2.66. The van der Waals surface area contributed by atoms with Crippen molar-refractivity contribution in [2.45, 2.75) is 51.4 Å². The molecule has 0 spiro atoms. The molecule has 5 atom stereocenters. The molecule has 164 valence electrons. The van der Waals surface area contributed by atoms with E-state index in [0.29, 0.717) is 0 Å². The summed E-state index contributed by atoms with van der Waals surface area (Å²) >= 11 is 0. The van der Waals surface area contributed by atoms with Crippen molar-refractivity contribution in [3.05, 3.63) is 12.7 Å². The Bertz CT molecular complexity index is 607. The van der Waals surface area contributed by atoms with Gasteiger partial charge in [-0.15, -0.1) is 6.58 Å². The smallest absolute Gasteiger partial charge is 0.331 e. The molecule has 1 N–H and O–H groups in total. The van der Waals surface area contributed by atoms with Crippen LogP contribution >= 0.6 is 0 Å². The highest BCUT2D eigenvalue weighted by Gasteiger charge is 2.50. The van der Waals surface area contributed by atoms with E-state index < -0.39 is 61.1 Å². The van der Waals surface area contributed by atoms with Crippen LogP contribution in [0, 0.1) is 0 Å². The Kier molecular flexibility index (Phi) is 10.3. The fourth-order valence-electron chi connectivity index (χ4n) is 2.69. The van der Waals surface area contributed by atoms with Crippen LogP contribution in [0.15, 0.2) is 12.7 Å². The van der Waals surface area contributed by atoms with Crippen molar-refractivity contribution in [1.82, 2.24) is 5.32 Å². The number of esters is 3. The molecular weight excluding hydrogens is 390 g/mol. The highest BCUT2D eigenvalue weighted by molar-refractivity contribution is 5.73. The average molecular weight is 417 g/mol. The first kappa shape index (κ1) is 24.5. The summed E-state index contributed by atoms with van der Waals surface area (Å²) in [6.07, 6.45) is -2.75. The predicted molar refractivity (Wildman–Crippen MR) is 96.4 cm³/mol. The zero-order chi connectivity index (χ0) is 22.0. The third-order valence-electron chi connectivity index (χ3n) is 3.77. The Balaban J connectivity index is 3.24. The van der Waals surface area contributed by atoms with E-state index in [4.69, 9.17) is 23.7 Å². The van der Waals surface area contributed by atoms with Crippen LogP contribution in [0.3, 0.4) is 0 Å². The van der Waals surface area contributed by atoms with Gasteiger partial charge >= 0.3 is 17.9 Å². The highest BCUT2D eigenvalue weighted by Crippen LogP contribution is 2.27. The molecule has 0 aromatic rings. The number of methoxy groups -OCH3 is 1. The van der Waals surface area contributed by atoms with Crippen LogP contribution in [0.1, 0.15) is 20.8 Å². The molecule has 0 unspecified atom stereocenters. The monoisotopic (exact) mass is 417 g/mol. The van der Waals surface area contributed by atoms with Gasteiger partial charge < -0.3 is 33.7 Å². The van der Waals surface area contributed by atoms with Gasteiger partial charge in [-0.1, -0.05) is 6.08 Å². The largest absolute Gasteiger partial charge is 0.467 e. The summed E-state index contributed by atoms with van der Waals surface area (Å²) in [5, 5.41) is 2.62. The molecule has 1 amide bonds. The number of hydrogen-bond acceptors (Lipinski definition) is 10. The van der Waals surface area contributed by atoms with Crippen molar-refractivity contribution >= 4 is 23.8 Å². The minimum atomic E-state index is -1.11. The standard InChI is InChI=1S/C18H27NO10/c1-6-7-25-18-15(19-10(2)20)17(27-9-14(23)24-5)16(28-12(4)22)13(29-18)8-26-11(3)21/h6,13,15-18H,1,7-9H2,2-5H3,(H,19,20)/t13-,15-,16-,17-,18+/m1/s1. The predicted octanol–water partition coefficient (Wildman–Crippen LogP) is -0.528. The van der Waals surface area contributed by atoms with Gasteiger partial charge in [0.25, 0.3) is 0 Å². The van der Waals surface area contributed by atoms with Gasteiger partial charge in [-0.05, 0) is 0 Å². The van der Waals surface area contributed by atoms with E-state index >= 15 is 0 Å². The topological polar surface area (TPSA) is 136 Å². The molecule has 11 heteroatoms. The molecule has 1 fully saturated rings. The molecule has 29 heavy (non-hydrogen) atoms. The number of nitrogens with one attached hydrogen (secondary N) is 1.